The number of hydrogen-bond acceptors (Lipinski definition) is 5. The van der Waals surface area contributed by atoms with Crippen LogP contribution in [0, 0.1) is 0 Å². The molecule has 0 radical (unpaired) electrons. The van der Waals surface area contributed by atoms with Crippen LogP contribution in [0.25, 0.3) is 11.1 Å². The van der Waals surface area contributed by atoms with Crippen LogP contribution in [0.3, 0.4) is 0 Å². The third-order valence-electron chi connectivity index (χ3n) is 3.46. The molecule has 3 rings (SSSR count). The van der Waals surface area contributed by atoms with Crippen LogP contribution in [0.1, 0.15) is 19.2 Å². The largest absolute Gasteiger partial charge is 0.441 e. The van der Waals surface area contributed by atoms with Gasteiger partial charge in [-0.25, -0.2) is 4.98 Å². The Morgan fingerprint density at radius 1 is 1.45 bits per heavy atom. The maximum Gasteiger partial charge on any atom is 0.251 e. The van der Waals surface area contributed by atoms with Crippen LogP contribution < -0.4 is 5.32 Å². The summed E-state index contributed by atoms with van der Waals surface area (Å²) >= 11 is 0. The third-order valence-corrected chi connectivity index (χ3v) is 3.46. The number of imide groups is 1. The fourth-order valence-electron chi connectivity index (χ4n) is 2.29. The van der Waals surface area contributed by atoms with E-state index in [2.05, 4.69) is 10.3 Å². The number of anilines is 1. The van der Waals surface area contributed by atoms with Crippen molar-refractivity contribution < 1.29 is 14.0 Å². The molecule has 0 bridgehead atoms. The van der Waals surface area contributed by atoms with Crippen molar-refractivity contribution in [3.05, 3.63) is 24.1 Å². The number of hydrogen-bond donors (Lipinski definition) is 1. The van der Waals surface area contributed by atoms with Gasteiger partial charge in [0.1, 0.15) is 11.6 Å². The first-order valence-electron chi connectivity index (χ1n) is 6.55. The van der Waals surface area contributed by atoms with E-state index >= 15 is 0 Å². The monoisotopic (exact) mass is 273 g/mol. The van der Waals surface area contributed by atoms with Gasteiger partial charge >= 0.3 is 0 Å². The number of carbonyl (C=O) groups is 2. The number of amides is 2. The highest BCUT2D eigenvalue weighted by molar-refractivity contribution is 6.06. The van der Waals surface area contributed by atoms with E-state index in [4.69, 9.17) is 4.42 Å². The molecule has 1 fully saturated rings. The molecule has 1 aliphatic heterocycles. The number of benzene rings is 1. The Kier molecular flexibility index (Phi) is 2.93. The standard InChI is InChI=1S/C14H15N3O3/c1-3-12-16-9-6-8(4-5-11(9)20-12)15-10-7-13(18)17(2)14(10)19/h4-6,10,15H,3,7H2,1-2H3. The molecule has 6 nitrogen and oxygen atoms in total. The molecule has 0 aliphatic carbocycles. The van der Waals surface area contributed by atoms with Crippen molar-refractivity contribution in [1.29, 1.82) is 0 Å². The average molecular weight is 273 g/mol. The van der Waals surface area contributed by atoms with Crippen molar-refractivity contribution in [2.45, 2.75) is 25.8 Å². The Labute approximate surface area is 115 Å². The number of nitrogens with zero attached hydrogens (tertiary/aromatic N) is 2. The summed E-state index contributed by atoms with van der Waals surface area (Å²) in [5.74, 6) is 0.316. The van der Waals surface area contributed by atoms with E-state index in [1.807, 2.05) is 25.1 Å². The predicted octanol–water partition coefficient (Wildman–Crippen LogP) is 1.56. The van der Waals surface area contributed by atoms with Gasteiger partial charge in [0.15, 0.2) is 11.5 Å². The molecule has 1 aliphatic rings. The van der Waals surface area contributed by atoms with Crippen LogP contribution in [-0.4, -0.2) is 34.8 Å². The zero-order valence-electron chi connectivity index (χ0n) is 11.3. The normalized spacial score (nSPS) is 19.1. The number of likely N-dealkylation sites (tertiary alicyclic amines) is 1. The average Bonchev–Trinajstić information content (AvgIpc) is 2.96. The van der Waals surface area contributed by atoms with Crippen molar-refractivity contribution in [2.75, 3.05) is 12.4 Å². The fourth-order valence-corrected chi connectivity index (χ4v) is 2.29. The maximum absolute atomic E-state index is 11.8. The summed E-state index contributed by atoms with van der Waals surface area (Å²) < 4.78 is 5.53. The number of aromatic nitrogens is 1. The minimum atomic E-state index is -0.498. The summed E-state index contributed by atoms with van der Waals surface area (Å²) in [5.41, 5.74) is 2.23. The molecule has 0 spiro atoms. The molecule has 2 amide bonds. The number of likely N-dealkylation sites (N-methyl/N-ethyl adjacent to an activating group) is 1. The van der Waals surface area contributed by atoms with Crippen LogP contribution in [0.4, 0.5) is 5.69 Å². The topological polar surface area (TPSA) is 75.4 Å². The van der Waals surface area contributed by atoms with Crippen LogP contribution in [0.15, 0.2) is 22.6 Å². The van der Waals surface area contributed by atoms with Crippen molar-refractivity contribution in [3.8, 4) is 0 Å². The highest BCUT2D eigenvalue weighted by Gasteiger charge is 2.35. The van der Waals surface area contributed by atoms with Gasteiger partial charge in [-0.2, -0.15) is 0 Å². The molecule has 2 heterocycles. The van der Waals surface area contributed by atoms with E-state index in [1.54, 1.807) is 0 Å². The molecule has 6 heteroatoms. The Hall–Kier alpha value is -2.37. The first-order valence-corrected chi connectivity index (χ1v) is 6.55. The lowest BCUT2D eigenvalue weighted by molar-refractivity contribution is -0.136. The molecule has 20 heavy (non-hydrogen) atoms. The lowest BCUT2D eigenvalue weighted by atomic mass is 10.2. The summed E-state index contributed by atoms with van der Waals surface area (Å²) in [6.07, 6.45) is 0.921. The highest BCUT2D eigenvalue weighted by atomic mass is 16.3. The third kappa shape index (κ3) is 2.03. The quantitative estimate of drug-likeness (QED) is 0.859. The number of rotatable bonds is 3. The molecule has 1 unspecified atom stereocenters. The van der Waals surface area contributed by atoms with Gasteiger partial charge in [0, 0.05) is 19.2 Å². The van der Waals surface area contributed by atoms with Crippen molar-refractivity contribution >= 4 is 28.6 Å². The number of oxazole rings is 1. The molecule has 1 atom stereocenters. The van der Waals surface area contributed by atoms with Crippen molar-refractivity contribution in [2.24, 2.45) is 0 Å². The number of carbonyl (C=O) groups excluding carboxylic acids is 2. The first kappa shape index (κ1) is 12.7. The summed E-state index contributed by atoms with van der Waals surface area (Å²) in [6.45, 7) is 1.97. The van der Waals surface area contributed by atoms with E-state index in [-0.39, 0.29) is 18.2 Å². The SMILES string of the molecule is CCc1nc2cc(NC3CC(=O)N(C)C3=O)ccc2o1. The minimum absolute atomic E-state index is 0.164. The molecular formula is C14H15N3O3. The van der Waals surface area contributed by atoms with Crippen LogP contribution in [0.5, 0.6) is 0 Å². The van der Waals surface area contributed by atoms with Crippen molar-refractivity contribution in [3.63, 3.8) is 0 Å². The van der Waals surface area contributed by atoms with Gasteiger partial charge in [-0.15, -0.1) is 0 Å². The second-order valence-corrected chi connectivity index (χ2v) is 4.84. The Balaban J connectivity index is 1.84. The maximum atomic E-state index is 11.8. The summed E-state index contributed by atoms with van der Waals surface area (Å²) in [5, 5.41) is 3.08. The van der Waals surface area contributed by atoms with Gasteiger partial charge < -0.3 is 9.73 Å². The number of fused-ring (bicyclic) bond motifs is 1. The summed E-state index contributed by atoms with van der Waals surface area (Å²) in [4.78, 5) is 28.8. The van der Waals surface area contributed by atoms with E-state index in [0.29, 0.717) is 5.89 Å². The lowest BCUT2D eigenvalue weighted by Gasteiger charge is -2.11. The van der Waals surface area contributed by atoms with Gasteiger partial charge in [0.05, 0.1) is 6.42 Å². The number of aryl methyl sites for hydroxylation is 1. The van der Waals surface area contributed by atoms with Gasteiger partial charge in [-0.05, 0) is 18.2 Å². The molecule has 1 aromatic carbocycles. The smallest absolute Gasteiger partial charge is 0.251 e. The van der Waals surface area contributed by atoms with Crippen molar-refractivity contribution in [1.82, 2.24) is 9.88 Å². The molecule has 0 saturated carbocycles. The fraction of sp³-hybridized carbons (Fsp3) is 0.357. The van der Waals surface area contributed by atoms with Gasteiger partial charge in [-0.3, -0.25) is 14.5 Å². The predicted molar refractivity (Wildman–Crippen MR) is 73.2 cm³/mol. The van der Waals surface area contributed by atoms with E-state index < -0.39 is 6.04 Å². The van der Waals surface area contributed by atoms with Gasteiger partial charge in [0.25, 0.3) is 5.91 Å². The Morgan fingerprint density at radius 3 is 2.90 bits per heavy atom. The highest BCUT2D eigenvalue weighted by Crippen LogP contribution is 2.22. The second-order valence-electron chi connectivity index (χ2n) is 4.84. The molecule has 1 aromatic heterocycles. The first-order chi connectivity index (χ1) is 9.58. The molecule has 2 aromatic rings. The van der Waals surface area contributed by atoms with Gasteiger partial charge in [-0.1, -0.05) is 6.92 Å². The summed E-state index contributed by atoms with van der Waals surface area (Å²) in [7, 11) is 1.50. The molecule has 104 valence electrons. The molecular weight excluding hydrogens is 258 g/mol. The van der Waals surface area contributed by atoms with E-state index in [9.17, 15) is 9.59 Å². The Bertz CT molecular complexity index is 692. The van der Waals surface area contributed by atoms with E-state index in [0.717, 1.165) is 28.1 Å². The number of nitrogens with one attached hydrogen (secondary N) is 1. The molecule has 1 N–H and O–H groups in total. The van der Waals surface area contributed by atoms with Crippen LogP contribution in [0.2, 0.25) is 0 Å². The lowest BCUT2D eigenvalue weighted by Crippen LogP contribution is -2.31. The zero-order chi connectivity index (χ0) is 14.3. The van der Waals surface area contributed by atoms with Gasteiger partial charge in [0.2, 0.25) is 5.91 Å². The van der Waals surface area contributed by atoms with Crippen LogP contribution in [-0.2, 0) is 16.0 Å². The second kappa shape index (κ2) is 4.63. The van der Waals surface area contributed by atoms with E-state index in [1.165, 1.54) is 7.05 Å². The zero-order valence-corrected chi connectivity index (χ0v) is 11.3. The summed E-state index contributed by atoms with van der Waals surface area (Å²) in [6, 6.07) is 4.97. The Morgan fingerprint density at radius 2 is 2.25 bits per heavy atom. The minimum Gasteiger partial charge on any atom is -0.441 e. The van der Waals surface area contributed by atoms with Crippen LogP contribution >= 0.6 is 0 Å². The molecule has 1 saturated heterocycles.